The Bertz CT molecular complexity index is 82.2. The Morgan fingerprint density at radius 2 is 2.29 bits per heavy atom. The normalized spacial score (nSPS) is 26.4. The molecule has 3 heteroatoms. The lowest BCUT2D eigenvalue weighted by molar-refractivity contribution is 0.445. The summed E-state index contributed by atoms with van der Waals surface area (Å²) in [6, 6.07) is 2.26. The second kappa shape index (κ2) is 2.84. The monoisotopic (exact) mass is 118 g/mol. The van der Waals surface area contributed by atoms with Crippen LogP contribution in [0.5, 0.6) is 0 Å². The Morgan fingerprint density at radius 3 is 2.29 bits per heavy atom. The predicted molar refractivity (Wildman–Crippen MR) is 29.3 cm³/mol. The number of hydrogen-bond donors (Lipinski definition) is 1. The Hall–Kier alpha value is -0.260. The molecule has 0 aromatic rings. The van der Waals surface area contributed by atoms with Crippen LogP contribution in [0.1, 0.15) is 6.42 Å². The Morgan fingerprint density at radius 1 is 1.71 bits per heavy atom. The molecule has 0 aromatic carbocycles. The van der Waals surface area contributed by atoms with Gasteiger partial charge in [-0.1, -0.05) is 0 Å². The molecule has 1 N–H and O–H groups in total. The van der Waals surface area contributed by atoms with Crippen molar-refractivity contribution >= 4 is 12.4 Å². The van der Waals surface area contributed by atoms with Crippen molar-refractivity contribution in [3.8, 4) is 6.07 Å². The summed E-state index contributed by atoms with van der Waals surface area (Å²) in [6.07, 6.45) is 1.04. The zero-order valence-electron chi connectivity index (χ0n) is 3.85. The molecule has 0 saturated carbocycles. The summed E-state index contributed by atoms with van der Waals surface area (Å²) in [5.41, 5.74) is 0. The fourth-order valence-electron chi connectivity index (χ4n) is 0.399. The highest BCUT2D eigenvalue weighted by atomic mass is 35.5. The standard InChI is InChI=1S/C4H6N2.ClH/c5-3-4-1-2-6-4;/h4,6H,1-2H2;1H/t4-;/m0./s1. The van der Waals surface area contributed by atoms with Gasteiger partial charge in [0.2, 0.25) is 0 Å². The van der Waals surface area contributed by atoms with E-state index >= 15 is 0 Å². The second-order valence-corrected chi connectivity index (χ2v) is 1.42. The van der Waals surface area contributed by atoms with Crippen LogP contribution in [-0.2, 0) is 0 Å². The van der Waals surface area contributed by atoms with Gasteiger partial charge in [0.15, 0.2) is 0 Å². The maximum absolute atomic E-state index is 8.07. The first-order chi connectivity index (χ1) is 2.93. The average molecular weight is 119 g/mol. The van der Waals surface area contributed by atoms with Crippen LogP contribution < -0.4 is 5.32 Å². The molecule has 7 heavy (non-hydrogen) atoms. The number of nitriles is 1. The Kier molecular flexibility index (Phi) is 2.73. The van der Waals surface area contributed by atoms with E-state index in [9.17, 15) is 0 Å². The third-order valence-electron chi connectivity index (χ3n) is 0.980. The zero-order chi connectivity index (χ0) is 4.41. The number of nitrogens with one attached hydrogen (secondary N) is 1. The molecule has 2 nitrogen and oxygen atoms in total. The molecule has 0 unspecified atom stereocenters. The van der Waals surface area contributed by atoms with Crippen molar-refractivity contribution in [2.24, 2.45) is 0 Å². The van der Waals surface area contributed by atoms with Crippen molar-refractivity contribution in [2.45, 2.75) is 12.5 Å². The van der Waals surface area contributed by atoms with E-state index in [-0.39, 0.29) is 18.4 Å². The third-order valence-corrected chi connectivity index (χ3v) is 0.980. The summed E-state index contributed by atoms with van der Waals surface area (Å²) in [6.45, 7) is 1.03. The molecule has 1 heterocycles. The maximum Gasteiger partial charge on any atom is 0.0965 e. The van der Waals surface area contributed by atoms with E-state index in [0.29, 0.717) is 0 Å². The number of hydrogen-bond acceptors (Lipinski definition) is 2. The van der Waals surface area contributed by atoms with Crippen molar-refractivity contribution in [1.29, 1.82) is 5.26 Å². The molecule has 0 aromatic heterocycles. The van der Waals surface area contributed by atoms with Crippen molar-refractivity contribution in [2.75, 3.05) is 6.54 Å². The van der Waals surface area contributed by atoms with E-state index in [1.54, 1.807) is 0 Å². The van der Waals surface area contributed by atoms with Gasteiger partial charge in [0.1, 0.15) is 0 Å². The van der Waals surface area contributed by atoms with Crippen molar-refractivity contribution in [1.82, 2.24) is 5.32 Å². The van der Waals surface area contributed by atoms with E-state index < -0.39 is 0 Å². The molecule has 0 bridgehead atoms. The van der Waals surface area contributed by atoms with Crippen LogP contribution >= 0.6 is 12.4 Å². The average Bonchev–Trinajstić information content (AvgIpc) is 1.31. The van der Waals surface area contributed by atoms with Crippen molar-refractivity contribution in [3.63, 3.8) is 0 Å². The summed E-state index contributed by atoms with van der Waals surface area (Å²) < 4.78 is 0. The molecule has 0 aliphatic carbocycles. The van der Waals surface area contributed by atoms with Crippen LogP contribution in [0.15, 0.2) is 0 Å². The summed E-state index contributed by atoms with van der Waals surface area (Å²) in [7, 11) is 0. The summed E-state index contributed by atoms with van der Waals surface area (Å²) in [5.74, 6) is 0. The van der Waals surface area contributed by atoms with Crippen LogP contribution in [0.3, 0.4) is 0 Å². The highest BCUT2D eigenvalue weighted by Crippen LogP contribution is 1.97. The molecular formula is C4H7ClN2. The summed E-state index contributed by atoms with van der Waals surface area (Å²) in [5, 5.41) is 11.0. The maximum atomic E-state index is 8.07. The van der Waals surface area contributed by atoms with Gasteiger partial charge in [-0.15, -0.1) is 12.4 Å². The molecule has 1 aliphatic heterocycles. The third kappa shape index (κ3) is 1.34. The first-order valence-electron chi connectivity index (χ1n) is 2.06. The van der Waals surface area contributed by atoms with Crippen LogP contribution in [0.2, 0.25) is 0 Å². The fraction of sp³-hybridized carbons (Fsp3) is 0.750. The van der Waals surface area contributed by atoms with Gasteiger partial charge >= 0.3 is 0 Å². The van der Waals surface area contributed by atoms with Crippen LogP contribution in [0, 0.1) is 11.3 Å². The van der Waals surface area contributed by atoms with E-state index in [4.69, 9.17) is 5.26 Å². The zero-order valence-corrected chi connectivity index (χ0v) is 4.66. The van der Waals surface area contributed by atoms with Crippen molar-refractivity contribution in [3.05, 3.63) is 0 Å². The Balaban J connectivity index is 0.000000360. The molecule has 0 amide bonds. The molecule has 0 spiro atoms. The van der Waals surface area contributed by atoms with Gasteiger partial charge in [0, 0.05) is 0 Å². The first-order valence-corrected chi connectivity index (χ1v) is 2.06. The lowest BCUT2D eigenvalue weighted by atomic mass is 10.1. The van der Waals surface area contributed by atoms with E-state index in [2.05, 4.69) is 11.4 Å². The van der Waals surface area contributed by atoms with Gasteiger partial charge in [-0.25, -0.2) is 0 Å². The molecule has 1 fully saturated rings. The highest BCUT2D eigenvalue weighted by Gasteiger charge is 2.13. The molecule has 1 rings (SSSR count). The molecule has 1 atom stereocenters. The minimum Gasteiger partial charge on any atom is -0.302 e. The number of rotatable bonds is 0. The second-order valence-electron chi connectivity index (χ2n) is 1.42. The molecule has 1 saturated heterocycles. The van der Waals surface area contributed by atoms with Crippen LogP contribution in [0.25, 0.3) is 0 Å². The lowest BCUT2D eigenvalue weighted by Gasteiger charge is -2.19. The smallest absolute Gasteiger partial charge is 0.0965 e. The molecule has 1 aliphatic rings. The largest absolute Gasteiger partial charge is 0.302 e. The molecular weight excluding hydrogens is 112 g/mol. The number of halogens is 1. The van der Waals surface area contributed by atoms with E-state index in [0.717, 1.165) is 13.0 Å². The fourth-order valence-corrected chi connectivity index (χ4v) is 0.399. The van der Waals surface area contributed by atoms with Gasteiger partial charge in [-0.05, 0) is 13.0 Å². The predicted octanol–water partition coefficient (Wildman–Crippen LogP) is 0.294. The van der Waals surface area contributed by atoms with Crippen molar-refractivity contribution < 1.29 is 0 Å². The lowest BCUT2D eigenvalue weighted by Crippen LogP contribution is -2.41. The van der Waals surface area contributed by atoms with Gasteiger partial charge in [-0.3, -0.25) is 0 Å². The minimum absolute atomic E-state index is 0. The molecule has 40 valence electrons. The summed E-state index contributed by atoms with van der Waals surface area (Å²) in [4.78, 5) is 0. The van der Waals surface area contributed by atoms with Crippen LogP contribution in [0.4, 0.5) is 0 Å². The van der Waals surface area contributed by atoms with Gasteiger partial charge in [0.05, 0.1) is 12.1 Å². The number of nitrogens with zero attached hydrogens (tertiary/aromatic N) is 1. The highest BCUT2D eigenvalue weighted by molar-refractivity contribution is 5.85. The van der Waals surface area contributed by atoms with E-state index in [1.807, 2.05) is 0 Å². The van der Waals surface area contributed by atoms with Gasteiger partial charge in [-0.2, -0.15) is 5.26 Å². The first kappa shape index (κ1) is 6.74. The van der Waals surface area contributed by atoms with Gasteiger partial charge in [0.25, 0.3) is 0 Å². The minimum atomic E-state index is 0. The summed E-state index contributed by atoms with van der Waals surface area (Å²) >= 11 is 0. The van der Waals surface area contributed by atoms with E-state index in [1.165, 1.54) is 0 Å². The Labute approximate surface area is 48.9 Å². The van der Waals surface area contributed by atoms with Crippen LogP contribution in [-0.4, -0.2) is 12.6 Å². The van der Waals surface area contributed by atoms with Gasteiger partial charge < -0.3 is 5.32 Å². The quantitative estimate of drug-likeness (QED) is 0.497. The SMILES string of the molecule is Cl.N#C[C@@H]1CCN1. The molecule has 0 radical (unpaired) electrons. The topological polar surface area (TPSA) is 35.8 Å².